The summed E-state index contributed by atoms with van der Waals surface area (Å²) in [4.78, 5) is -0.457. The van der Waals surface area contributed by atoms with Crippen molar-refractivity contribution in [3.63, 3.8) is 0 Å². The van der Waals surface area contributed by atoms with Gasteiger partial charge in [-0.1, -0.05) is 15.9 Å². The molecule has 0 saturated heterocycles. The highest BCUT2D eigenvalue weighted by molar-refractivity contribution is 9.10. The maximum absolute atomic E-state index is 14.1. The third-order valence-corrected chi connectivity index (χ3v) is 5.56. The van der Waals surface area contributed by atoms with Crippen LogP contribution in [0.1, 0.15) is 24.8 Å². The van der Waals surface area contributed by atoms with Gasteiger partial charge in [-0.25, -0.2) is 17.5 Å². The third-order valence-electron chi connectivity index (χ3n) is 3.58. The molecule has 1 saturated carbocycles. The summed E-state index contributed by atoms with van der Waals surface area (Å²) >= 11 is 3.12. The first kappa shape index (κ1) is 16.8. The Balaban J connectivity index is 2.26. The van der Waals surface area contributed by atoms with Crippen molar-refractivity contribution in [1.82, 2.24) is 4.72 Å². The zero-order valence-electron chi connectivity index (χ0n) is 11.5. The maximum atomic E-state index is 14.1. The average molecular weight is 382 g/mol. The molecule has 0 amide bonds. The van der Waals surface area contributed by atoms with Crippen LogP contribution >= 0.6 is 15.9 Å². The average Bonchev–Trinajstić information content (AvgIpc) is 2.87. The van der Waals surface area contributed by atoms with E-state index in [9.17, 15) is 12.8 Å². The fourth-order valence-corrected chi connectivity index (χ4v) is 4.56. The molecule has 2 unspecified atom stereocenters. The van der Waals surface area contributed by atoms with Crippen LogP contribution in [0.3, 0.4) is 0 Å². The Bertz CT molecular complexity index is 623. The van der Waals surface area contributed by atoms with Gasteiger partial charge in [0, 0.05) is 23.2 Å². The molecule has 1 aromatic rings. The van der Waals surface area contributed by atoms with E-state index in [2.05, 4.69) is 20.7 Å². The van der Waals surface area contributed by atoms with Crippen molar-refractivity contribution in [2.45, 2.75) is 42.9 Å². The Morgan fingerprint density at radius 3 is 2.76 bits per heavy atom. The normalized spacial score (nSPS) is 22.7. The van der Waals surface area contributed by atoms with Crippen LogP contribution in [0.2, 0.25) is 0 Å². The second-order valence-corrected chi connectivity index (χ2v) is 7.62. The molecule has 2 atom stereocenters. The monoisotopic (exact) mass is 381 g/mol. The summed E-state index contributed by atoms with van der Waals surface area (Å²) in [7, 11) is -2.40. The van der Waals surface area contributed by atoms with E-state index in [1.54, 1.807) is 7.11 Å². The minimum absolute atomic E-state index is 0.0260. The van der Waals surface area contributed by atoms with Gasteiger partial charge in [-0.15, -0.1) is 0 Å². The summed E-state index contributed by atoms with van der Waals surface area (Å²) in [6.07, 6.45) is 2.02. The first-order valence-corrected chi connectivity index (χ1v) is 8.79. The number of hydrogen-bond acceptors (Lipinski definition) is 4. The minimum Gasteiger partial charge on any atom is -0.392 e. The molecule has 21 heavy (non-hydrogen) atoms. The van der Waals surface area contributed by atoms with Crippen molar-refractivity contribution in [2.24, 2.45) is 0 Å². The Morgan fingerprint density at radius 2 is 2.19 bits per heavy atom. The zero-order chi connectivity index (χ0) is 15.6. The largest absolute Gasteiger partial charge is 0.392 e. The number of benzene rings is 1. The lowest BCUT2D eigenvalue weighted by atomic mass is 10.2. The summed E-state index contributed by atoms with van der Waals surface area (Å²) in [6, 6.07) is 2.28. The number of methoxy groups -OCH3 is 1. The molecule has 1 aliphatic carbocycles. The van der Waals surface area contributed by atoms with Crippen molar-refractivity contribution in [2.75, 3.05) is 7.11 Å². The number of halogens is 2. The standard InChI is InChI=1S/C13H17BrFNO4S/c1-20-11-3-2-10(6-11)16-21(18,19)12-5-9(14)4-8(7-17)13(12)15/h4-5,10-11,16-17H,2-3,6-7H2,1H3. The molecule has 5 nitrogen and oxygen atoms in total. The third kappa shape index (κ3) is 3.81. The second-order valence-electron chi connectivity index (χ2n) is 5.02. The first-order chi connectivity index (χ1) is 9.87. The van der Waals surface area contributed by atoms with Crippen molar-refractivity contribution in [1.29, 1.82) is 0 Å². The summed E-state index contributed by atoms with van der Waals surface area (Å²) in [5.74, 6) is -0.922. The molecular formula is C13H17BrFNO4S. The maximum Gasteiger partial charge on any atom is 0.243 e. The molecule has 1 aliphatic rings. The summed E-state index contributed by atoms with van der Waals surface area (Å²) in [5, 5.41) is 9.09. The van der Waals surface area contributed by atoms with Crippen LogP contribution in [0.25, 0.3) is 0 Å². The second kappa shape index (κ2) is 6.70. The number of ether oxygens (including phenoxy) is 1. The lowest BCUT2D eigenvalue weighted by Gasteiger charge is -2.15. The number of sulfonamides is 1. The molecule has 0 spiro atoms. The van der Waals surface area contributed by atoms with Crippen LogP contribution in [-0.2, 0) is 21.4 Å². The van der Waals surface area contributed by atoms with Crippen LogP contribution < -0.4 is 4.72 Å². The van der Waals surface area contributed by atoms with Gasteiger partial charge in [-0.2, -0.15) is 0 Å². The lowest BCUT2D eigenvalue weighted by molar-refractivity contribution is 0.107. The van der Waals surface area contributed by atoms with Gasteiger partial charge in [0.15, 0.2) is 0 Å². The van der Waals surface area contributed by atoms with Crippen LogP contribution in [0.15, 0.2) is 21.5 Å². The molecule has 1 fully saturated rings. The molecule has 118 valence electrons. The van der Waals surface area contributed by atoms with Gasteiger partial charge in [0.25, 0.3) is 0 Å². The highest BCUT2D eigenvalue weighted by Gasteiger charge is 2.30. The van der Waals surface area contributed by atoms with E-state index >= 15 is 0 Å². The quantitative estimate of drug-likeness (QED) is 0.816. The van der Waals surface area contributed by atoms with E-state index in [-0.39, 0.29) is 17.7 Å². The lowest BCUT2D eigenvalue weighted by Crippen LogP contribution is -2.34. The molecule has 0 heterocycles. The zero-order valence-corrected chi connectivity index (χ0v) is 13.9. The summed E-state index contributed by atoms with van der Waals surface area (Å²) in [5.41, 5.74) is -0.0639. The summed E-state index contributed by atoms with van der Waals surface area (Å²) < 4.78 is 46.9. The van der Waals surface area contributed by atoms with Gasteiger partial charge in [-0.3, -0.25) is 0 Å². The molecule has 0 aliphatic heterocycles. The van der Waals surface area contributed by atoms with Crippen molar-refractivity contribution in [3.8, 4) is 0 Å². The van der Waals surface area contributed by atoms with Crippen molar-refractivity contribution in [3.05, 3.63) is 28.0 Å². The highest BCUT2D eigenvalue weighted by Crippen LogP contribution is 2.27. The molecule has 8 heteroatoms. The SMILES string of the molecule is COC1CCC(NS(=O)(=O)c2cc(Br)cc(CO)c2F)C1. The number of aliphatic hydroxyl groups excluding tert-OH is 1. The van der Waals surface area contributed by atoms with Gasteiger partial charge in [-0.05, 0) is 31.4 Å². The van der Waals surface area contributed by atoms with Gasteiger partial charge in [0.1, 0.15) is 10.7 Å². The van der Waals surface area contributed by atoms with Gasteiger partial charge in [0.05, 0.1) is 12.7 Å². The smallest absolute Gasteiger partial charge is 0.243 e. The molecule has 0 aromatic heterocycles. The van der Waals surface area contributed by atoms with Crippen LogP contribution in [0.5, 0.6) is 0 Å². The van der Waals surface area contributed by atoms with Crippen molar-refractivity contribution >= 4 is 26.0 Å². The predicted octanol–water partition coefficient (Wildman–Crippen LogP) is 1.93. The van der Waals surface area contributed by atoms with Crippen LogP contribution in [-0.4, -0.2) is 32.8 Å². The predicted molar refractivity (Wildman–Crippen MR) is 78.8 cm³/mol. The van der Waals surface area contributed by atoms with E-state index < -0.39 is 27.3 Å². The van der Waals surface area contributed by atoms with Crippen LogP contribution in [0.4, 0.5) is 4.39 Å². The van der Waals surface area contributed by atoms with E-state index in [1.165, 1.54) is 12.1 Å². The minimum atomic E-state index is -3.98. The van der Waals surface area contributed by atoms with Gasteiger partial charge >= 0.3 is 0 Å². The number of nitrogens with one attached hydrogen (secondary N) is 1. The molecule has 0 bridgehead atoms. The van der Waals surface area contributed by atoms with E-state index in [0.29, 0.717) is 17.3 Å². The van der Waals surface area contributed by atoms with Gasteiger partial charge in [0.2, 0.25) is 10.0 Å². The molecule has 2 N–H and O–H groups in total. The topological polar surface area (TPSA) is 75.6 Å². The summed E-state index contributed by atoms with van der Waals surface area (Å²) in [6.45, 7) is -0.566. The molecule has 1 aromatic carbocycles. The fourth-order valence-electron chi connectivity index (χ4n) is 2.47. The fraction of sp³-hybridized carbons (Fsp3) is 0.538. The van der Waals surface area contributed by atoms with E-state index in [4.69, 9.17) is 9.84 Å². The van der Waals surface area contributed by atoms with Crippen molar-refractivity contribution < 1.29 is 22.7 Å². The number of hydrogen-bond donors (Lipinski definition) is 2. The van der Waals surface area contributed by atoms with Gasteiger partial charge < -0.3 is 9.84 Å². The Kier molecular flexibility index (Phi) is 5.37. The highest BCUT2D eigenvalue weighted by atomic mass is 79.9. The Morgan fingerprint density at radius 1 is 1.48 bits per heavy atom. The Labute approximate surface area is 131 Å². The first-order valence-electron chi connectivity index (χ1n) is 6.51. The number of rotatable bonds is 5. The Hall–Kier alpha value is -0.540. The van der Waals surface area contributed by atoms with Crippen LogP contribution in [0, 0.1) is 5.82 Å². The molecule has 2 rings (SSSR count). The van der Waals surface area contributed by atoms with E-state index in [1.807, 2.05) is 0 Å². The number of aliphatic hydroxyl groups is 1. The molecular weight excluding hydrogens is 365 g/mol. The molecule has 0 radical (unpaired) electrons. The van der Waals surface area contributed by atoms with E-state index in [0.717, 1.165) is 6.42 Å².